The second-order valence-electron chi connectivity index (χ2n) is 10.0. The van der Waals surface area contributed by atoms with Gasteiger partial charge in [-0.15, -0.1) is 0 Å². The molecular weight excluding hydrogens is 445 g/mol. The van der Waals surface area contributed by atoms with Gasteiger partial charge in [-0.2, -0.15) is 0 Å². The summed E-state index contributed by atoms with van der Waals surface area (Å²) in [5.41, 5.74) is 2.63. The summed E-state index contributed by atoms with van der Waals surface area (Å²) in [7, 11) is 0. The van der Waals surface area contributed by atoms with Crippen LogP contribution in [0, 0.1) is 11.8 Å². The lowest BCUT2D eigenvalue weighted by molar-refractivity contribution is 0.0366. The monoisotopic (exact) mass is 479 g/mol. The van der Waals surface area contributed by atoms with Crippen LogP contribution in [-0.2, 0) is 4.74 Å². The highest BCUT2D eigenvalue weighted by atomic mass is 19.1. The van der Waals surface area contributed by atoms with Gasteiger partial charge in [0.25, 0.3) is 0 Å². The van der Waals surface area contributed by atoms with Crippen LogP contribution in [0.3, 0.4) is 0 Å². The van der Waals surface area contributed by atoms with Crippen LogP contribution in [0.5, 0.6) is 5.75 Å². The molecule has 1 aliphatic carbocycles. The van der Waals surface area contributed by atoms with Gasteiger partial charge in [-0.05, 0) is 48.9 Å². The van der Waals surface area contributed by atoms with Crippen LogP contribution in [0.4, 0.5) is 4.39 Å². The summed E-state index contributed by atoms with van der Waals surface area (Å²) < 4.78 is 25.4. The zero-order chi connectivity index (χ0) is 24.4. The van der Waals surface area contributed by atoms with E-state index in [0.29, 0.717) is 41.6 Å². The number of ether oxygens (including phenoxy) is 2. The van der Waals surface area contributed by atoms with Crippen LogP contribution in [0.1, 0.15) is 70.4 Å². The Labute approximate surface area is 206 Å². The molecule has 0 spiro atoms. The lowest BCUT2D eigenvalue weighted by Crippen LogP contribution is -2.37. The van der Waals surface area contributed by atoms with Gasteiger partial charge >= 0.3 is 0 Å². The molecule has 0 N–H and O–H groups in total. The Kier molecular flexibility index (Phi) is 7.30. The van der Waals surface area contributed by atoms with Crippen LogP contribution >= 0.6 is 0 Å². The molecule has 1 saturated carbocycles. The Morgan fingerprint density at radius 3 is 2.54 bits per heavy atom. The average molecular weight is 480 g/mol. The number of nitrogens with zero attached hydrogens (tertiary/aromatic N) is 1. The summed E-state index contributed by atoms with van der Waals surface area (Å²) in [4.78, 5) is 28.6. The highest BCUT2D eigenvalue weighted by Crippen LogP contribution is 2.47. The zero-order valence-electron chi connectivity index (χ0n) is 20.4. The van der Waals surface area contributed by atoms with E-state index < -0.39 is 12.8 Å². The highest BCUT2D eigenvalue weighted by molar-refractivity contribution is 6.04. The summed E-state index contributed by atoms with van der Waals surface area (Å²) in [6, 6.07) is 13.2. The predicted octanol–water partition coefficient (Wildman–Crippen LogP) is 5.07. The van der Waals surface area contributed by atoms with Crippen molar-refractivity contribution < 1.29 is 23.5 Å². The number of carbonyl (C=O) groups is 2. The number of hydrogen-bond acceptors (Lipinski definition) is 5. The van der Waals surface area contributed by atoms with Gasteiger partial charge in [0, 0.05) is 37.1 Å². The third-order valence-electron chi connectivity index (χ3n) is 7.78. The molecule has 2 aromatic rings. The zero-order valence-corrected chi connectivity index (χ0v) is 20.4. The predicted molar refractivity (Wildman–Crippen MR) is 132 cm³/mol. The molecule has 5 nitrogen and oxygen atoms in total. The molecule has 2 aliphatic heterocycles. The number of ketones is 2. The number of benzene rings is 2. The van der Waals surface area contributed by atoms with Gasteiger partial charge in [0.1, 0.15) is 18.5 Å². The van der Waals surface area contributed by atoms with Crippen molar-refractivity contribution in [3.05, 3.63) is 64.7 Å². The van der Waals surface area contributed by atoms with Crippen molar-refractivity contribution in [1.29, 1.82) is 0 Å². The molecule has 0 amide bonds. The van der Waals surface area contributed by atoms with E-state index in [4.69, 9.17) is 9.47 Å². The Hall–Kier alpha value is -2.57. The van der Waals surface area contributed by atoms with E-state index in [1.54, 1.807) is 13.0 Å². The Morgan fingerprint density at radius 1 is 1.06 bits per heavy atom. The Morgan fingerprint density at radius 2 is 1.83 bits per heavy atom. The van der Waals surface area contributed by atoms with Crippen LogP contribution in [0.25, 0.3) is 0 Å². The molecule has 0 bridgehead atoms. The molecule has 186 valence electrons. The number of fused-ring (bicyclic) bond motifs is 1. The summed E-state index contributed by atoms with van der Waals surface area (Å²) >= 11 is 0. The maximum atomic E-state index is 14.0. The quantitative estimate of drug-likeness (QED) is 0.445. The van der Waals surface area contributed by atoms with Gasteiger partial charge in [-0.25, -0.2) is 4.39 Å². The molecule has 3 aliphatic rings. The Bertz CT molecular complexity index is 1070. The molecule has 4 atom stereocenters. The number of carbonyl (C=O) groups excluding carboxylic acids is 2. The number of hydrogen-bond donors (Lipinski definition) is 0. The van der Waals surface area contributed by atoms with Crippen LogP contribution in [-0.4, -0.2) is 62.1 Å². The fraction of sp³-hybridized carbons (Fsp3) is 0.517. The second-order valence-corrected chi connectivity index (χ2v) is 10.0. The first-order valence-electron chi connectivity index (χ1n) is 12.9. The number of rotatable bonds is 10. The van der Waals surface area contributed by atoms with Crippen LogP contribution in [0.15, 0.2) is 42.5 Å². The molecule has 2 heterocycles. The average Bonchev–Trinajstić information content (AvgIpc) is 3.53. The van der Waals surface area contributed by atoms with Gasteiger partial charge in [0.05, 0.1) is 24.7 Å². The maximum Gasteiger partial charge on any atom is 0.166 e. The molecule has 5 rings (SSSR count). The molecule has 2 aromatic carbocycles. The normalized spacial score (nSPS) is 25.7. The molecular formula is C29H34FNO4. The first kappa shape index (κ1) is 24.1. The maximum absolute atomic E-state index is 14.0. The van der Waals surface area contributed by atoms with E-state index in [0.717, 1.165) is 56.8 Å². The largest absolute Gasteiger partial charge is 0.486 e. The SMILES string of the molecule is CCC(=O)c1cc(C(=O)C[C@@H]2C[C@H]2CCN2CCOCC2)cc2c1O[C@H](CF)[C@H]2c1ccccc1. The summed E-state index contributed by atoms with van der Waals surface area (Å²) in [5, 5.41) is 0. The summed E-state index contributed by atoms with van der Waals surface area (Å²) in [6.07, 6.45) is 2.30. The summed E-state index contributed by atoms with van der Waals surface area (Å²) in [6.45, 7) is 5.79. The topological polar surface area (TPSA) is 55.8 Å². The van der Waals surface area contributed by atoms with Gasteiger partial charge in [-0.1, -0.05) is 37.3 Å². The van der Waals surface area contributed by atoms with Crippen molar-refractivity contribution >= 4 is 11.6 Å². The second kappa shape index (κ2) is 10.6. The fourth-order valence-corrected chi connectivity index (χ4v) is 5.61. The minimum Gasteiger partial charge on any atom is -0.486 e. The molecule has 0 aromatic heterocycles. The molecule has 1 saturated heterocycles. The van der Waals surface area contributed by atoms with Gasteiger partial charge in [-0.3, -0.25) is 14.5 Å². The molecule has 0 radical (unpaired) electrons. The van der Waals surface area contributed by atoms with Gasteiger partial charge in [0.2, 0.25) is 0 Å². The van der Waals surface area contributed by atoms with E-state index in [9.17, 15) is 14.0 Å². The minimum atomic E-state index is -0.700. The van der Waals surface area contributed by atoms with Gasteiger partial charge < -0.3 is 9.47 Å². The molecule has 2 fully saturated rings. The van der Waals surface area contributed by atoms with E-state index in [1.807, 2.05) is 36.4 Å². The van der Waals surface area contributed by atoms with Crippen molar-refractivity contribution in [2.45, 2.75) is 44.6 Å². The highest BCUT2D eigenvalue weighted by Gasteiger charge is 2.41. The van der Waals surface area contributed by atoms with Crippen molar-refractivity contribution in [2.75, 3.05) is 39.5 Å². The van der Waals surface area contributed by atoms with Crippen LogP contribution in [0.2, 0.25) is 0 Å². The van der Waals surface area contributed by atoms with Crippen molar-refractivity contribution in [2.24, 2.45) is 11.8 Å². The standard InChI is InChI=1S/C29H34FNO4/c1-2-25(32)23-15-22(26(33)17-21-14-20(21)8-9-31-10-12-34-13-11-31)16-24-28(19-6-4-3-5-7-19)27(18-30)35-29(23)24/h3-7,15-16,20-21,27-28H,2,8-14,17-18H2,1H3/t20-,21+,27-,28+/m1/s1. The molecule has 0 unspecified atom stereocenters. The van der Waals surface area contributed by atoms with E-state index in [1.165, 1.54) is 0 Å². The summed E-state index contributed by atoms with van der Waals surface area (Å²) in [5.74, 6) is 1.07. The molecule has 6 heteroatoms. The first-order chi connectivity index (χ1) is 17.1. The minimum absolute atomic E-state index is 0.0623. The smallest absolute Gasteiger partial charge is 0.166 e. The first-order valence-corrected chi connectivity index (χ1v) is 12.9. The van der Waals surface area contributed by atoms with Crippen molar-refractivity contribution in [3.8, 4) is 5.75 Å². The van der Waals surface area contributed by atoms with E-state index >= 15 is 0 Å². The van der Waals surface area contributed by atoms with Crippen molar-refractivity contribution in [3.63, 3.8) is 0 Å². The van der Waals surface area contributed by atoms with E-state index in [-0.39, 0.29) is 17.5 Å². The van der Waals surface area contributed by atoms with Crippen molar-refractivity contribution in [1.82, 2.24) is 4.90 Å². The number of alkyl halides is 1. The van der Waals surface area contributed by atoms with Crippen LogP contribution < -0.4 is 4.74 Å². The molecule has 35 heavy (non-hydrogen) atoms. The number of morpholine rings is 1. The third-order valence-corrected chi connectivity index (χ3v) is 7.78. The third kappa shape index (κ3) is 5.19. The van der Waals surface area contributed by atoms with E-state index in [2.05, 4.69) is 4.90 Å². The number of Topliss-reactive ketones (excluding diaryl/α,β-unsaturated/α-hetero) is 2. The van der Waals surface area contributed by atoms with Gasteiger partial charge in [0.15, 0.2) is 11.6 Å². The lowest BCUT2D eigenvalue weighted by Gasteiger charge is -2.26. The number of halogens is 1. The lowest BCUT2D eigenvalue weighted by atomic mass is 9.85. The Balaban J connectivity index is 1.34. The fourth-order valence-electron chi connectivity index (χ4n) is 5.61.